The van der Waals surface area contributed by atoms with E-state index in [4.69, 9.17) is 4.74 Å². The van der Waals surface area contributed by atoms with Crippen molar-refractivity contribution < 1.29 is 9.84 Å². The van der Waals surface area contributed by atoms with Gasteiger partial charge in [0.15, 0.2) is 0 Å². The van der Waals surface area contributed by atoms with Gasteiger partial charge in [0, 0.05) is 0 Å². The Bertz CT molecular complexity index is 271. The van der Waals surface area contributed by atoms with Gasteiger partial charge in [-0.3, -0.25) is 0 Å². The first-order valence-corrected chi connectivity index (χ1v) is 4.82. The zero-order chi connectivity index (χ0) is 9.14. The van der Waals surface area contributed by atoms with Gasteiger partial charge in [-0.05, 0) is 54.6 Å². The van der Waals surface area contributed by atoms with E-state index in [9.17, 15) is 5.11 Å². The first-order chi connectivity index (χ1) is 5.59. The van der Waals surface area contributed by atoms with Gasteiger partial charge in [-0.25, -0.2) is 0 Å². The van der Waals surface area contributed by atoms with Crippen LogP contribution in [0.3, 0.4) is 0 Å². The molecule has 0 radical (unpaired) electrons. The summed E-state index contributed by atoms with van der Waals surface area (Å²) in [6.45, 7) is 3.94. The summed E-state index contributed by atoms with van der Waals surface area (Å²) in [5, 5.41) is 9.21. The summed E-state index contributed by atoms with van der Waals surface area (Å²) < 4.78 is 6.24. The third-order valence-corrected chi connectivity index (χ3v) is 2.15. The molecular weight excluding hydrogens is 267 g/mol. The Morgan fingerprint density at radius 3 is 2.58 bits per heavy atom. The van der Waals surface area contributed by atoms with Crippen molar-refractivity contribution in [2.75, 3.05) is 0 Å². The lowest BCUT2D eigenvalue weighted by molar-refractivity contribution is 0.242. The lowest BCUT2D eigenvalue weighted by Gasteiger charge is -2.09. The van der Waals surface area contributed by atoms with Gasteiger partial charge in [-0.2, -0.15) is 0 Å². The van der Waals surface area contributed by atoms with Gasteiger partial charge in [0.1, 0.15) is 11.5 Å². The van der Waals surface area contributed by atoms with Crippen molar-refractivity contribution in [1.82, 2.24) is 0 Å². The molecule has 0 aliphatic heterocycles. The monoisotopic (exact) mass is 278 g/mol. The van der Waals surface area contributed by atoms with Crippen LogP contribution in [-0.4, -0.2) is 11.2 Å². The van der Waals surface area contributed by atoms with Gasteiger partial charge in [0.25, 0.3) is 0 Å². The molecule has 0 saturated carbocycles. The molecule has 0 fully saturated rings. The van der Waals surface area contributed by atoms with Crippen LogP contribution in [0.25, 0.3) is 0 Å². The van der Waals surface area contributed by atoms with Gasteiger partial charge in [-0.15, -0.1) is 0 Å². The van der Waals surface area contributed by atoms with Crippen molar-refractivity contribution in [2.24, 2.45) is 0 Å². The molecule has 0 bridgehead atoms. The molecule has 0 aliphatic rings. The Hall–Kier alpha value is -0.450. The molecule has 1 N–H and O–H groups in total. The molecule has 0 aliphatic carbocycles. The fraction of sp³-hybridized carbons (Fsp3) is 0.333. The van der Waals surface area contributed by atoms with E-state index in [-0.39, 0.29) is 6.10 Å². The normalized spacial score (nSPS) is 10.3. The van der Waals surface area contributed by atoms with Crippen LogP contribution >= 0.6 is 22.6 Å². The molecule has 3 heteroatoms. The Morgan fingerprint density at radius 1 is 1.42 bits per heavy atom. The van der Waals surface area contributed by atoms with Crippen LogP contribution in [0, 0.1) is 3.57 Å². The summed E-state index contributed by atoms with van der Waals surface area (Å²) in [5.41, 5.74) is 0. The maximum atomic E-state index is 9.21. The van der Waals surface area contributed by atoms with Crippen LogP contribution in [0.4, 0.5) is 0 Å². The number of hydrogen-bond acceptors (Lipinski definition) is 2. The third kappa shape index (κ3) is 2.55. The lowest BCUT2D eigenvalue weighted by Crippen LogP contribution is -2.05. The number of halogens is 1. The Kier molecular flexibility index (Phi) is 3.20. The molecule has 0 spiro atoms. The molecule has 1 aromatic carbocycles. The molecule has 0 amide bonds. The number of benzene rings is 1. The fourth-order valence-corrected chi connectivity index (χ4v) is 1.32. The number of hydrogen-bond donors (Lipinski definition) is 1. The predicted molar refractivity (Wildman–Crippen MR) is 56.6 cm³/mol. The zero-order valence-electron chi connectivity index (χ0n) is 7.04. The number of aromatic hydroxyl groups is 1. The summed E-state index contributed by atoms with van der Waals surface area (Å²) in [7, 11) is 0. The van der Waals surface area contributed by atoms with Gasteiger partial charge in [0.2, 0.25) is 0 Å². The van der Waals surface area contributed by atoms with E-state index in [0.29, 0.717) is 5.75 Å². The minimum absolute atomic E-state index is 0.172. The highest BCUT2D eigenvalue weighted by Crippen LogP contribution is 2.24. The highest BCUT2D eigenvalue weighted by molar-refractivity contribution is 14.1. The minimum Gasteiger partial charge on any atom is -0.507 e. The summed E-state index contributed by atoms with van der Waals surface area (Å²) in [4.78, 5) is 0. The summed E-state index contributed by atoms with van der Waals surface area (Å²) >= 11 is 2.07. The van der Waals surface area contributed by atoms with Crippen molar-refractivity contribution in [3.8, 4) is 11.5 Å². The fourth-order valence-electron chi connectivity index (χ4n) is 0.833. The molecular formula is C9H11IO2. The van der Waals surface area contributed by atoms with E-state index >= 15 is 0 Å². The first-order valence-electron chi connectivity index (χ1n) is 3.75. The average molecular weight is 278 g/mol. The van der Waals surface area contributed by atoms with Gasteiger partial charge in [0.05, 0.1) is 9.67 Å². The number of phenols is 1. The predicted octanol–water partition coefficient (Wildman–Crippen LogP) is 2.78. The Labute approximate surface area is 85.7 Å². The summed E-state index contributed by atoms with van der Waals surface area (Å²) in [6, 6.07) is 5.22. The van der Waals surface area contributed by atoms with Gasteiger partial charge in [-0.1, -0.05) is 0 Å². The Balaban J connectivity index is 2.82. The summed E-state index contributed by atoms with van der Waals surface area (Å²) in [6.07, 6.45) is 0.172. The molecule has 0 saturated heterocycles. The van der Waals surface area contributed by atoms with Crippen LogP contribution in [0.5, 0.6) is 11.5 Å². The highest BCUT2D eigenvalue weighted by Gasteiger charge is 2.01. The van der Waals surface area contributed by atoms with E-state index in [2.05, 4.69) is 22.6 Å². The van der Waals surface area contributed by atoms with Crippen LogP contribution in [0.2, 0.25) is 0 Å². The Morgan fingerprint density at radius 2 is 2.08 bits per heavy atom. The van der Waals surface area contributed by atoms with Crippen LogP contribution < -0.4 is 4.74 Å². The SMILES string of the molecule is CC(C)Oc1ccc(O)c(I)c1. The number of phenolic OH excluding ortho intramolecular Hbond substituents is 1. The van der Waals surface area contributed by atoms with Crippen LogP contribution in [0.15, 0.2) is 18.2 Å². The third-order valence-electron chi connectivity index (χ3n) is 1.29. The second kappa shape index (κ2) is 3.98. The lowest BCUT2D eigenvalue weighted by atomic mass is 10.3. The second-order valence-electron chi connectivity index (χ2n) is 2.78. The molecule has 0 atom stereocenters. The summed E-state index contributed by atoms with van der Waals surface area (Å²) in [5.74, 6) is 1.10. The van der Waals surface area contributed by atoms with E-state index < -0.39 is 0 Å². The van der Waals surface area contributed by atoms with Crippen LogP contribution in [-0.2, 0) is 0 Å². The molecule has 2 nitrogen and oxygen atoms in total. The van der Waals surface area contributed by atoms with Gasteiger partial charge < -0.3 is 9.84 Å². The number of ether oxygens (including phenoxy) is 1. The average Bonchev–Trinajstić information content (AvgIpc) is 1.96. The molecule has 1 rings (SSSR count). The van der Waals surface area contributed by atoms with Gasteiger partial charge >= 0.3 is 0 Å². The molecule has 0 heterocycles. The van der Waals surface area contributed by atoms with E-state index in [1.807, 2.05) is 19.9 Å². The molecule has 1 aromatic rings. The van der Waals surface area contributed by atoms with E-state index in [1.165, 1.54) is 0 Å². The topological polar surface area (TPSA) is 29.5 Å². The second-order valence-corrected chi connectivity index (χ2v) is 3.94. The van der Waals surface area contributed by atoms with Crippen molar-refractivity contribution in [3.63, 3.8) is 0 Å². The molecule has 12 heavy (non-hydrogen) atoms. The van der Waals surface area contributed by atoms with E-state index in [0.717, 1.165) is 9.32 Å². The first kappa shape index (κ1) is 9.64. The quantitative estimate of drug-likeness (QED) is 0.843. The maximum Gasteiger partial charge on any atom is 0.129 e. The molecule has 0 unspecified atom stereocenters. The highest BCUT2D eigenvalue weighted by atomic mass is 127. The van der Waals surface area contributed by atoms with Crippen molar-refractivity contribution in [1.29, 1.82) is 0 Å². The van der Waals surface area contributed by atoms with E-state index in [1.54, 1.807) is 12.1 Å². The smallest absolute Gasteiger partial charge is 0.129 e. The van der Waals surface area contributed by atoms with Crippen molar-refractivity contribution in [2.45, 2.75) is 20.0 Å². The molecule has 0 aromatic heterocycles. The molecule has 66 valence electrons. The van der Waals surface area contributed by atoms with Crippen LogP contribution in [0.1, 0.15) is 13.8 Å². The van der Waals surface area contributed by atoms with Crippen molar-refractivity contribution in [3.05, 3.63) is 21.8 Å². The standard InChI is InChI=1S/C9H11IO2/c1-6(2)12-7-3-4-9(11)8(10)5-7/h3-6,11H,1-2H3. The number of rotatable bonds is 2. The largest absolute Gasteiger partial charge is 0.507 e. The van der Waals surface area contributed by atoms with Crippen molar-refractivity contribution >= 4 is 22.6 Å². The minimum atomic E-state index is 0.172. The maximum absolute atomic E-state index is 9.21. The zero-order valence-corrected chi connectivity index (χ0v) is 9.20.